The number of benzene rings is 1. The Bertz CT molecular complexity index is 673. The SMILES string of the molecule is O=C(Nc1ccc(-c2ccn[nH]2)cc1)C1CC2C=CC1C2. The van der Waals surface area contributed by atoms with E-state index >= 15 is 0 Å². The number of nitrogens with one attached hydrogen (secondary N) is 2. The van der Waals surface area contributed by atoms with Crippen LogP contribution >= 0.6 is 0 Å². The van der Waals surface area contributed by atoms with Crippen molar-refractivity contribution >= 4 is 11.6 Å². The van der Waals surface area contributed by atoms with Crippen LogP contribution in [0.5, 0.6) is 0 Å². The number of fused-ring (bicyclic) bond motifs is 2. The lowest BCUT2D eigenvalue weighted by Gasteiger charge is -2.17. The largest absolute Gasteiger partial charge is 0.326 e. The lowest BCUT2D eigenvalue weighted by atomic mass is 9.93. The number of aromatic nitrogens is 2. The molecule has 4 rings (SSSR count). The van der Waals surface area contributed by atoms with Crippen molar-refractivity contribution in [2.24, 2.45) is 17.8 Å². The molecule has 3 unspecified atom stereocenters. The first-order valence-electron chi connectivity index (χ1n) is 7.38. The third-order valence-corrected chi connectivity index (χ3v) is 4.58. The Balaban J connectivity index is 1.45. The van der Waals surface area contributed by atoms with E-state index in [4.69, 9.17) is 0 Å². The Morgan fingerprint density at radius 3 is 2.62 bits per heavy atom. The fraction of sp³-hybridized carbons (Fsp3) is 0.294. The molecule has 1 saturated carbocycles. The molecule has 2 aliphatic rings. The number of H-pyrrole nitrogens is 1. The van der Waals surface area contributed by atoms with E-state index in [1.807, 2.05) is 30.3 Å². The molecule has 4 heteroatoms. The number of anilines is 1. The third-order valence-electron chi connectivity index (χ3n) is 4.58. The summed E-state index contributed by atoms with van der Waals surface area (Å²) >= 11 is 0. The lowest BCUT2D eigenvalue weighted by Crippen LogP contribution is -2.25. The molecule has 0 radical (unpaired) electrons. The van der Waals surface area contributed by atoms with Crippen LogP contribution in [0.3, 0.4) is 0 Å². The van der Waals surface area contributed by atoms with Crippen LogP contribution in [0.15, 0.2) is 48.7 Å². The van der Waals surface area contributed by atoms with Crippen LogP contribution in [0, 0.1) is 17.8 Å². The number of carbonyl (C=O) groups excluding carboxylic acids is 1. The molecule has 0 saturated heterocycles. The van der Waals surface area contributed by atoms with Crippen LogP contribution in [0.4, 0.5) is 5.69 Å². The number of nitrogens with zero attached hydrogens (tertiary/aromatic N) is 1. The van der Waals surface area contributed by atoms with Crippen LogP contribution in [-0.2, 0) is 4.79 Å². The second-order valence-corrected chi connectivity index (χ2v) is 5.92. The molecule has 1 aromatic heterocycles. The van der Waals surface area contributed by atoms with E-state index in [2.05, 4.69) is 27.7 Å². The number of hydrogen-bond donors (Lipinski definition) is 2. The highest BCUT2D eigenvalue weighted by molar-refractivity contribution is 5.93. The maximum atomic E-state index is 12.4. The van der Waals surface area contributed by atoms with E-state index in [9.17, 15) is 4.79 Å². The zero-order valence-corrected chi connectivity index (χ0v) is 11.6. The van der Waals surface area contributed by atoms with Gasteiger partial charge in [-0.15, -0.1) is 0 Å². The molecule has 106 valence electrons. The van der Waals surface area contributed by atoms with Gasteiger partial charge in [0.05, 0.1) is 5.69 Å². The quantitative estimate of drug-likeness (QED) is 0.847. The van der Waals surface area contributed by atoms with Crippen molar-refractivity contribution in [1.82, 2.24) is 10.2 Å². The average molecular weight is 279 g/mol. The van der Waals surface area contributed by atoms with Gasteiger partial charge in [0.25, 0.3) is 0 Å². The van der Waals surface area contributed by atoms with Gasteiger partial charge in [-0.05, 0) is 48.4 Å². The summed E-state index contributed by atoms with van der Waals surface area (Å²) in [6, 6.07) is 9.79. The van der Waals surface area contributed by atoms with Crippen molar-refractivity contribution in [3.8, 4) is 11.3 Å². The second kappa shape index (κ2) is 4.88. The fourth-order valence-corrected chi connectivity index (χ4v) is 3.47. The van der Waals surface area contributed by atoms with Crippen LogP contribution in [0.1, 0.15) is 12.8 Å². The number of allylic oxidation sites excluding steroid dienone is 2. The Morgan fingerprint density at radius 2 is 2.00 bits per heavy atom. The Hall–Kier alpha value is -2.36. The molecule has 2 bridgehead atoms. The molecule has 2 N–H and O–H groups in total. The summed E-state index contributed by atoms with van der Waals surface area (Å²) in [5.41, 5.74) is 2.90. The monoisotopic (exact) mass is 279 g/mol. The zero-order chi connectivity index (χ0) is 14.2. The van der Waals surface area contributed by atoms with E-state index in [-0.39, 0.29) is 11.8 Å². The number of hydrogen-bond acceptors (Lipinski definition) is 2. The van der Waals surface area contributed by atoms with E-state index < -0.39 is 0 Å². The minimum absolute atomic E-state index is 0.146. The van der Waals surface area contributed by atoms with Crippen LogP contribution in [-0.4, -0.2) is 16.1 Å². The van der Waals surface area contributed by atoms with Crippen molar-refractivity contribution in [3.63, 3.8) is 0 Å². The van der Waals surface area contributed by atoms with Gasteiger partial charge in [0, 0.05) is 17.8 Å². The van der Waals surface area contributed by atoms with Crippen molar-refractivity contribution in [1.29, 1.82) is 0 Å². The summed E-state index contributed by atoms with van der Waals surface area (Å²) in [7, 11) is 0. The van der Waals surface area contributed by atoms with Gasteiger partial charge in [-0.1, -0.05) is 24.3 Å². The first-order chi connectivity index (χ1) is 10.3. The number of carbonyl (C=O) groups is 1. The highest BCUT2D eigenvalue weighted by atomic mass is 16.1. The highest BCUT2D eigenvalue weighted by Gasteiger charge is 2.39. The Morgan fingerprint density at radius 1 is 1.14 bits per heavy atom. The molecule has 4 nitrogen and oxygen atoms in total. The van der Waals surface area contributed by atoms with Crippen molar-refractivity contribution < 1.29 is 4.79 Å². The van der Waals surface area contributed by atoms with E-state index in [0.29, 0.717) is 11.8 Å². The van der Waals surface area contributed by atoms with Gasteiger partial charge < -0.3 is 5.32 Å². The summed E-state index contributed by atoms with van der Waals surface area (Å²) in [5, 5.41) is 9.92. The third kappa shape index (κ3) is 2.27. The fourth-order valence-electron chi connectivity index (χ4n) is 3.47. The summed E-state index contributed by atoms with van der Waals surface area (Å²) in [4.78, 5) is 12.4. The van der Waals surface area contributed by atoms with Crippen LogP contribution in [0.25, 0.3) is 11.3 Å². The average Bonchev–Trinajstić information content (AvgIpc) is 3.25. The molecule has 1 amide bonds. The first-order valence-corrected chi connectivity index (χ1v) is 7.38. The second-order valence-electron chi connectivity index (χ2n) is 5.92. The summed E-state index contributed by atoms with van der Waals surface area (Å²) < 4.78 is 0. The van der Waals surface area contributed by atoms with Gasteiger partial charge in [0.1, 0.15) is 0 Å². The Labute approximate surface area is 123 Å². The van der Waals surface area contributed by atoms with Crippen molar-refractivity contribution in [2.75, 3.05) is 5.32 Å². The minimum Gasteiger partial charge on any atom is -0.326 e. The Kier molecular flexibility index (Phi) is 2.88. The van der Waals surface area contributed by atoms with Gasteiger partial charge in [0.2, 0.25) is 5.91 Å². The van der Waals surface area contributed by atoms with Crippen molar-refractivity contribution in [2.45, 2.75) is 12.8 Å². The summed E-state index contributed by atoms with van der Waals surface area (Å²) in [5.74, 6) is 1.36. The molecule has 1 fully saturated rings. The number of amides is 1. The summed E-state index contributed by atoms with van der Waals surface area (Å²) in [6.07, 6.45) is 8.34. The van der Waals surface area contributed by atoms with E-state index in [0.717, 1.165) is 29.8 Å². The predicted octanol–water partition coefficient (Wildman–Crippen LogP) is 3.23. The molecule has 1 aromatic carbocycles. The standard InChI is InChI=1S/C17H17N3O/c21-17(15-10-11-1-2-13(15)9-11)19-14-5-3-12(4-6-14)16-7-8-18-20-16/h1-8,11,13,15H,9-10H2,(H,18,20)(H,19,21). The molecule has 2 aromatic rings. The predicted molar refractivity (Wildman–Crippen MR) is 81.5 cm³/mol. The maximum Gasteiger partial charge on any atom is 0.228 e. The molecule has 0 spiro atoms. The summed E-state index contributed by atoms with van der Waals surface area (Å²) in [6.45, 7) is 0. The first kappa shape index (κ1) is 12.4. The normalized spacial score (nSPS) is 26.2. The molecule has 2 aliphatic carbocycles. The van der Waals surface area contributed by atoms with Crippen molar-refractivity contribution in [3.05, 3.63) is 48.7 Å². The van der Waals surface area contributed by atoms with Gasteiger partial charge in [0.15, 0.2) is 0 Å². The number of aromatic amines is 1. The highest BCUT2D eigenvalue weighted by Crippen LogP contribution is 2.43. The van der Waals surface area contributed by atoms with Crippen LogP contribution < -0.4 is 5.32 Å². The minimum atomic E-state index is 0.146. The van der Waals surface area contributed by atoms with Gasteiger partial charge in [-0.3, -0.25) is 9.89 Å². The maximum absolute atomic E-state index is 12.4. The van der Waals surface area contributed by atoms with Gasteiger partial charge >= 0.3 is 0 Å². The molecule has 21 heavy (non-hydrogen) atoms. The number of rotatable bonds is 3. The van der Waals surface area contributed by atoms with Crippen LogP contribution in [0.2, 0.25) is 0 Å². The zero-order valence-electron chi connectivity index (χ0n) is 11.6. The van der Waals surface area contributed by atoms with E-state index in [1.54, 1.807) is 6.20 Å². The topological polar surface area (TPSA) is 57.8 Å². The molecule has 1 heterocycles. The lowest BCUT2D eigenvalue weighted by molar-refractivity contribution is -0.120. The van der Waals surface area contributed by atoms with Gasteiger partial charge in [-0.2, -0.15) is 5.10 Å². The smallest absolute Gasteiger partial charge is 0.228 e. The molecule has 3 atom stereocenters. The molecular formula is C17H17N3O. The molecular weight excluding hydrogens is 262 g/mol. The van der Waals surface area contributed by atoms with Gasteiger partial charge in [-0.25, -0.2) is 0 Å². The van der Waals surface area contributed by atoms with E-state index in [1.165, 1.54) is 0 Å². The molecule has 0 aliphatic heterocycles.